The first-order chi connectivity index (χ1) is 13.7. The maximum absolute atomic E-state index is 13.8. The number of aromatic nitrogens is 1. The van der Waals surface area contributed by atoms with Crippen LogP contribution in [0.1, 0.15) is 15.9 Å². The molecule has 1 aliphatic rings. The van der Waals surface area contributed by atoms with E-state index in [1.54, 1.807) is 0 Å². The summed E-state index contributed by atoms with van der Waals surface area (Å²) in [5.41, 5.74) is 1.19. The first kappa shape index (κ1) is 19.2. The Bertz CT molecular complexity index is 1260. The zero-order valence-corrected chi connectivity index (χ0v) is 16.1. The molecule has 0 spiro atoms. The minimum absolute atomic E-state index is 0.0742. The fourth-order valence-electron chi connectivity index (χ4n) is 2.92. The van der Waals surface area contributed by atoms with Crippen molar-refractivity contribution in [2.45, 2.75) is 11.5 Å². The van der Waals surface area contributed by atoms with E-state index in [9.17, 15) is 22.7 Å². The summed E-state index contributed by atoms with van der Waals surface area (Å²) in [7, 11) is -4.33. The van der Waals surface area contributed by atoms with Gasteiger partial charge in [-0.25, -0.2) is 17.6 Å². The van der Waals surface area contributed by atoms with Gasteiger partial charge in [-0.1, -0.05) is 17.7 Å². The molecular formula is C19H12ClFN2O5S. The molecule has 4 bridgehead atoms. The average molecular weight is 435 g/mol. The van der Waals surface area contributed by atoms with Crippen LogP contribution in [0.15, 0.2) is 53.7 Å². The van der Waals surface area contributed by atoms with Crippen LogP contribution in [0.2, 0.25) is 5.02 Å². The molecular weight excluding hydrogens is 423 g/mol. The van der Waals surface area contributed by atoms with Crippen LogP contribution in [0.3, 0.4) is 0 Å². The molecule has 4 rings (SSSR count). The summed E-state index contributed by atoms with van der Waals surface area (Å²) >= 11 is 5.91. The van der Waals surface area contributed by atoms with E-state index in [1.165, 1.54) is 36.7 Å². The smallest absolute Gasteiger partial charge is 0.338 e. The molecule has 7 nitrogen and oxygen atoms in total. The molecule has 2 N–H and O–H groups in total. The average Bonchev–Trinajstić information content (AvgIpc) is 2.68. The summed E-state index contributed by atoms with van der Waals surface area (Å²) in [5, 5.41) is 9.80. The van der Waals surface area contributed by atoms with Crippen molar-refractivity contribution in [2.24, 2.45) is 0 Å². The molecule has 2 heterocycles. The van der Waals surface area contributed by atoms with Crippen molar-refractivity contribution in [2.75, 3.05) is 4.72 Å². The Labute approximate surface area is 169 Å². The lowest BCUT2D eigenvalue weighted by Gasteiger charge is -2.12. The second-order valence-corrected chi connectivity index (χ2v) is 8.31. The maximum Gasteiger partial charge on any atom is 0.338 e. The molecule has 3 aromatic rings. The number of phenols is 1. The Hall–Kier alpha value is -3.17. The van der Waals surface area contributed by atoms with Crippen LogP contribution in [0.25, 0.3) is 11.1 Å². The largest absolute Gasteiger partial charge is 0.505 e. The number of sulfonamides is 1. The number of carbonyl (C=O) groups excluding carboxylic acids is 1. The molecule has 0 fully saturated rings. The number of esters is 1. The molecule has 10 heteroatoms. The zero-order valence-electron chi connectivity index (χ0n) is 14.5. The molecule has 0 saturated heterocycles. The van der Waals surface area contributed by atoms with Crippen molar-refractivity contribution in [1.29, 1.82) is 0 Å². The number of halogens is 2. The number of pyridine rings is 1. The molecule has 2 aromatic carbocycles. The van der Waals surface area contributed by atoms with E-state index < -0.39 is 32.5 Å². The van der Waals surface area contributed by atoms with Crippen LogP contribution >= 0.6 is 11.6 Å². The highest BCUT2D eigenvalue weighted by atomic mass is 35.5. The standard InChI is InChI=1S/C19H12ClFN2O5S/c20-16-4-11-5-17(18(16)24)29(26,27)23-14-3-12(7-22-8-14)15-6-13(21)2-1-10(15)9-28-19(11)25/h1-8,23-24H,9H2. The third-order valence-corrected chi connectivity index (χ3v) is 5.97. The Morgan fingerprint density at radius 2 is 1.93 bits per heavy atom. The van der Waals surface area contributed by atoms with Gasteiger partial charge >= 0.3 is 5.97 Å². The first-order valence-corrected chi connectivity index (χ1v) is 10.1. The van der Waals surface area contributed by atoms with Gasteiger partial charge in [0.25, 0.3) is 10.0 Å². The summed E-state index contributed by atoms with van der Waals surface area (Å²) in [6.45, 7) is -0.202. The Balaban J connectivity index is 1.96. The minimum Gasteiger partial charge on any atom is -0.505 e. The zero-order chi connectivity index (χ0) is 20.8. The van der Waals surface area contributed by atoms with Gasteiger partial charge in [-0.2, -0.15) is 0 Å². The van der Waals surface area contributed by atoms with Gasteiger partial charge in [0.05, 0.1) is 22.5 Å². The summed E-state index contributed by atoms with van der Waals surface area (Å²) in [6, 6.07) is 7.44. The normalized spacial score (nSPS) is 15.0. The number of fused-ring (bicyclic) bond motifs is 6. The molecule has 29 heavy (non-hydrogen) atoms. The molecule has 0 atom stereocenters. The second-order valence-electron chi connectivity index (χ2n) is 6.25. The number of nitrogens with one attached hydrogen (secondary N) is 1. The topological polar surface area (TPSA) is 106 Å². The fourth-order valence-corrected chi connectivity index (χ4v) is 4.37. The lowest BCUT2D eigenvalue weighted by molar-refractivity contribution is 0.0473. The number of anilines is 1. The molecule has 0 aliphatic carbocycles. The number of hydrogen-bond donors (Lipinski definition) is 2. The van der Waals surface area contributed by atoms with Gasteiger partial charge in [-0.05, 0) is 41.5 Å². The monoisotopic (exact) mass is 434 g/mol. The molecule has 0 saturated carbocycles. The molecule has 0 radical (unpaired) electrons. The van der Waals surface area contributed by atoms with Crippen LogP contribution in [0.4, 0.5) is 10.1 Å². The van der Waals surface area contributed by atoms with Gasteiger partial charge in [-0.3, -0.25) is 9.71 Å². The van der Waals surface area contributed by atoms with Crippen molar-refractivity contribution in [3.63, 3.8) is 0 Å². The van der Waals surface area contributed by atoms with E-state index in [0.717, 1.165) is 12.1 Å². The SMILES string of the molecule is O=C1OCc2ccc(F)cc2-c2cncc(c2)NS(=O)(=O)c2cc1cc(Cl)c2O. The fraction of sp³-hybridized carbons (Fsp3) is 0.0526. The van der Waals surface area contributed by atoms with Crippen LogP contribution in [0.5, 0.6) is 5.75 Å². The highest BCUT2D eigenvalue weighted by Gasteiger charge is 2.25. The highest BCUT2D eigenvalue weighted by molar-refractivity contribution is 7.92. The summed E-state index contributed by atoms with van der Waals surface area (Å²) in [6.07, 6.45) is 2.68. The third-order valence-electron chi connectivity index (χ3n) is 4.29. The summed E-state index contributed by atoms with van der Waals surface area (Å²) in [5.74, 6) is -2.09. The highest BCUT2D eigenvalue weighted by Crippen LogP contribution is 2.35. The van der Waals surface area contributed by atoms with Gasteiger partial charge < -0.3 is 9.84 Å². The number of hydrogen-bond acceptors (Lipinski definition) is 6. The van der Waals surface area contributed by atoms with E-state index in [-0.39, 0.29) is 22.9 Å². The van der Waals surface area contributed by atoms with Crippen LogP contribution in [-0.2, 0) is 21.4 Å². The number of ether oxygens (including phenoxy) is 1. The van der Waals surface area contributed by atoms with Crippen molar-refractivity contribution in [1.82, 2.24) is 4.98 Å². The van der Waals surface area contributed by atoms with E-state index in [0.29, 0.717) is 16.7 Å². The van der Waals surface area contributed by atoms with Crippen LogP contribution < -0.4 is 4.72 Å². The van der Waals surface area contributed by atoms with Crippen LogP contribution in [-0.4, -0.2) is 24.5 Å². The van der Waals surface area contributed by atoms with Crippen LogP contribution in [0, 0.1) is 5.82 Å². The number of benzene rings is 2. The molecule has 0 amide bonds. The van der Waals surface area contributed by atoms with E-state index >= 15 is 0 Å². The number of phenolic OH excluding ortho intramolecular Hbond substituents is 1. The summed E-state index contributed by atoms with van der Waals surface area (Å²) < 4.78 is 46.9. The van der Waals surface area contributed by atoms with Gasteiger partial charge in [-0.15, -0.1) is 0 Å². The number of carbonyl (C=O) groups is 1. The third kappa shape index (κ3) is 3.62. The molecule has 1 aliphatic heterocycles. The first-order valence-electron chi connectivity index (χ1n) is 8.21. The molecule has 0 unspecified atom stereocenters. The minimum atomic E-state index is -4.33. The number of cyclic esters (lactones) is 1. The Morgan fingerprint density at radius 3 is 2.72 bits per heavy atom. The van der Waals surface area contributed by atoms with Gasteiger partial charge in [0.1, 0.15) is 17.3 Å². The van der Waals surface area contributed by atoms with E-state index in [2.05, 4.69) is 9.71 Å². The summed E-state index contributed by atoms with van der Waals surface area (Å²) in [4.78, 5) is 15.9. The second kappa shape index (κ2) is 7.02. The number of rotatable bonds is 0. The molecule has 148 valence electrons. The Morgan fingerprint density at radius 1 is 1.14 bits per heavy atom. The Kier molecular flexibility index (Phi) is 4.64. The lowest BCUT2D eigenvalue weighted by atomic mass is 10.0. The predicted molar refractivity (Wildman–Crippen MR) is 103 cm³/mol. The predicted octanol–water partition coefficient (Wildman–Crippen LogP) is 3.72. The van der Waals surface area contributed by atoms with Crippen molar-refractivity contribution < 1.29 is 27.4 Å². The quantitative estimate of drug-likeness (QED) is 0.522. The van der Waals surface area contributed by atoms with Gasteiger partial charge in [0.15, 0.2) is 5.75 Å². The number of aromatic hydroxyl groups is 1. The number of nitrogens with zero attached hydrogens (tertiary/aromatic N) is 1. The lowest BCUT2D eigenvalue weighted by Crippen LogP contribution is -2.15. The molecule has 1 aromatic heterocycles. The maximum atomic E-state index is 13.8. The van der Waals surface area contributed by atoms with Crippen molar-refractivity contribution in [3.8, 4) is 16.9 Å². The van der Waals surface area contributed by atoms with E-state index in [1.807, 2.05) is 0 Å². The van der Waals surface area contributed by atoms with E-state index in [4.69, 9.17) is 16.3 Å². The van der Waals surface area contributed by atoms with Crippen molar-refractivity contribution >= 4 is 33.3 Å². The van der Waals surface area contributed by atoms with Gasteiger partial charge in [0.2, 0.25) is 0 Å². The van der Waals surface area contributed by atoms with Crippen molar-refractivity contribution in [3.05, 3.63) is 70.8 Å². The van der Waals surface area contributed by atoms with Gasteiger partial charge in [0, 0.05) is 11.8 Å².